The summed E-state index contributed by atoms with van der Waals surface area (Å²) in [4.78, 5) is 31.1. The summed E-state index contributed by atoms with van der Waals surface area (Å²) in [6.07, 6.45) is 6.96. The zero-order chi connectivity index (χ0) is 25.5. The Morgan fingerprint density at radius 2 is 1.91 bits per heavy atom. The molecular weight excluding hydrogens is 480 g/mol. The molecule has 0 saturated carbocycles. The summed E-state index contributed by atoms with van der Waals surface area (Å²) in [5, 5.41) is 9.79. The number of thiocarbonyl (C=S) groups is 1. The van der Waals surface area contributed by atoms with Crippen molar-refractivity contribution < 1.29 is 9.53 Å². The van der Waals surface area contributed by atoms with Crippen LogP contribution < -0.4 is 10.5 Å². The third-order valence-electron chi connectivity index (χ3n) is 6.74. The lowest BCUT2D eigenvalue weighted by atomic mass is 9.99. The number of morpholine rings is 1. The average molecular weight is 517 g/mol. The van der Waals surface area contributed by atoms with Gasteiger partial charge in [0.05, 0.1) is 18.1 Å². The zero-order valence-electron chi connectivity index (χ0n) is 21.3. The Morgan fingerprint density at radius 3 is 2.51 bits per heavy atom. The summed E-state index contributed by atoms with van der Waals surface area (Å²) >= 11 is 6.92. The number of hydrogen-bond donors (Lipinski definition) is 0. The molecule has 2 fully saturated rings. The molecule has 0 radical (unpaired) electrons. The standard InChI is InChI=1S/C26H36N4O3S2/c1-5-8-9-19(7-3)17-30-25(32)22(35-26(30)34)15-20-18(4)21(16-27)24(31)29(10-6-2)23(20)28-11-13-33-14-12-28/h15,19H,5-14,17H2,1-4H3. The van der Waals surface area contributed by atoms with Crippen molar-refractivity contribution in [1.82, 2.24) is 9.47 Å². The molecule has 0 aliphatic carbocycles. The number of pyridine rings is 1. The van der Waals surface area contributed by atoms with Gasteiger partial charge in [0.15, 0.2) is 0 Å². The van der Waals surface area contributed by atoms with E-state index < -0.39 is 0 Å². The molecule has 1 unspecified atom stereocenters. The topological polar surface area (TPSA) is 78.6 Å². The highest BCUT2D eigenvalue weighted by molar-refractivity contribution is 8.26. The Labute approximate surface area is 218 Å². The van der Waals surface area contributed by atoms with Crippen LogP contribution in [-0.2, 0) is 16.1 Å². The lowest BCUT2D eigenvalue weighted by molar-refractivity contribution is -0.122. The number of carbonyl (C=O) groups excluding carboxylic acids is 1. The minimum Gasteiger partial charge on any atom is -0.378 e. The largest absolute Gasteiger partial charge is 0.378 e. The first-order valence-electron chi connectivity index (χ1n) is 12.6. The number of nitriles is 1. The van der Waals surface area contributed by atoms with Gasteiger partial charge < -0.3 is 9.64 Å². The van der Waals surface area contributed by atoms with Gasteiger partial charge in [-0.1, -0.05) is 64.0 Å². The van der Waals surface area contributed by atoms with Crippen molar-refractivity contribution in [1.29, 1.82) is 5.26 Å². The van der Waals surface area contributed by atoms with Crippen LogP contribution in [0.25, 0.3) is 6.08 Å². The first kappa shape index (κ1) is 27.4. The van der Waals surface area contributed by atoms with Gasteiger partial charge in [-0.3, -0.25) is 19.1 Å². The molecule has 2 aliphatic rings. The highest BCUT2D eigenvalue weighted by Crippen LogP contribution is 2.37. The van der Waals surface area contributed by atoms with Crippen molar-refractivity contribution in [2.45, 2.75) is 66.3 Å². The number of hydrogen-bond acceptors (Lipinski definition) is 7. The smallest absolute Gasteiger partial charge is 0.270 e. The third-order valence-corrected chi connectivity index (χ3v) is 8.12. The van der Waals surface area contributed by atoms with E-state index in [9.17, 15) is 14.9 Å². The molecular formula is C26H36N4O3S2. The summed E-state index contributed by atoms with van der Waals surface area (Å²) in [5.41, 5.74) is 1.20. The number of unbranched alkanes of at least 4 members (excludes halogenated alkanes) is 1. The highest BCUT2D eigenvalue weighted by Gasteiger charge is 2.34. The van der Waals surface area contributed by atoms with Crippen LogP contribution >= 0.6 is 24.0 Å². The molecule has 7 nitrogen and oxygen atoms in total. The summed E-state index contributed by atoms with van der Waals surface area (Å²) in [7, 11) is 0. The van der Waals surface area contributed by atoms with Crippen LogP contribution in [0.15, 0.2) is 9.70 Å². The van der Waals surface area contributed by atoms with Crippen molar-refractivity contribution in [3.8, 4) is 6.07 Å². The van der Waals surface area contributed by atoms with Crippen molar-refractivity contribution in [3.63, 3.8) is 0 Å². The molecule has 3 rings (SSSR count). The maximum absolute atomic E-state index is 13.5. The molecule has 0 spiro atoms. The molecule has 35 heavy (non-hydrogen) atoms. The van der Waals surface area contributed by atoms with Crippen LogP contribution in [-0.4, -0.2) is 52.5 Å². The minimum absolute atomic E-state index is 0.0889. The Hall–Kier alpha value is -2.15. The highest BCUT2D eigenvalue weighted by atomic mass is 32.2. The van der Waals surface area contributed by atoms with Crippen LogP contribution in [0, 0.1) is 24.2 Å². The molecule has 9 heteroatoms. The van der Waals surface area contributed by atoms with Crippen molar-refractivity contribution >= 4 is 46.1 Å². The Bertz CT molecular complexity index is 1080. The Balaban J connectivity index is 2.08. The van der Waals surface area contributed by atoms with Crippen molar-refractivity contribution in [2.75, 3.05) is 37.7 Å². The fraction of sp³-hybridized carbons (Fsp3) is 0.615. The maximum atomic E-state index is 13.5. The zero-order valence-corrected chi connectivity index (χ0v) is 22.9. The lowest BCUT2D eigenvalue weighted by Gasteiger charge is -2.33. The van der Waals surface area contributed by atoms with Crippen LogP contribution in [0.2, 0.25) is 0 Å². The van der Waals surface area contributed by atoms with Crippen LogP contribution in [0.5, 0.6) is 0 Å². The van der Waals surface area contributed by atoms with E-state index in [-0.39, 0.29) is 17.0 Å². The number of aromatic nitrogens is 1. The van der Waals surface area contributed by atoms with E-state index in [1.54, 1.807) is 16.4 Å². The van der Waals surface area contributed by atoms with Gasteiger partial charge in [0.1, 0.15) is 21.8 Å². The second-order valence-electron chi connectivity index (χ2n) is 9.11. The fourth-order valence-electron chi connectivity index (χ4n) is 4.66. The van der Waals surface area contributed by atoms with E-state index in [1.165, 1.54) is 11.8 Å². The number of carbonyl (C=O) groups is 1. The van der Waals surface area contributed by atoms with E-state index in [0.717, 1.165) is 43.5 Å². The number of thioether (sulfide) groups is 1. The number of anilines is 1. The molecule has 1 atom stereocenters. The van der Waals surface area contributed by atoms with Crippen molar-refractivity contribution in [2.24, 2.45) is 5.92 Å². The van der Waals surface area contributed by atoms with Crippen LogP contribution in [0.4, 0.5) is 5.82 Å². The van der Waals surface area contributed by atoms with E-state index in [2.05, 4.69) is 24.8 Å². The SMILES string of the molecule is CCCCC(CC)CN1C(=O)C(=Cc2c(C)c(C#N)c(=O)n(CCC)c2N2CCOCC2)SC1=S. The van der Waals surface area contributed by atoms with Gasteiger partial charge in [0.2, 0.25) is 0 Å². The van der Waals surface area contributed by atoms with Crippen molar-refractivity contribution in [3.05, 3.63) is 31.9 Å². The second-order valence-corrected chi connectivity index (χ2v) is 10.8. The molecule has 3 heterocycles. The quantitative estimate of drug-likeness (QED) is 0.330. The number of amides is 1. The van der Waals surface area contributed by atoms with Gasteiger partial charge in [-0.05, 0) is 37.3 Å². The summed E-state index contributed by atoms with van der Waals surface area (Å²) in [5.74, 6) is 1.09. The molecule has 1 aromatic heterocycles. The molecule has 0 aromatic carbocycles. The first-order chi connectivity index (χ1) is 16.9. The lowest BCUT2D eigenvalue weighted by Crippen LogP contribution is -2.41. The maximum Gasteiger partial charge on any atom is 0.270 e. The average Bonchev–Trinajstić information content (AvgIpc) is 3.12. The predicted molar refractivity (Wildman–Crippen MR) is 147 cm³/mol. The number of ether oxygens (including phenoxy) is 1. The molecule has 1 aromatic rings. The van der Waals surface area contributed by atoms with Gasteiger partial charge in [0, 0.05) is 31.7 Å². The first-order valence-corrected chi connectivity index (χ1v) is 13.9. The van der Waals surface area contributed by atoms with Gasteiger partial charge in [-0.15, -0.1) is 0 Å². The Kier molecular flexibility index (Phi) is 9.96. The molecule has 2 aliphatic heterocycles. The van der Waals surface area contributed by atoms with Crippen LogP contribution in [0.3, 0.4) is 0 Å². The predicted octanol–water partition coefficient (Wildman–Crippen LogP) is 4.69. The molecule has 190 valence electrons. The summed E-state index contributed by atoms with van der Waals surface area (Å²) in [6.45, 7) is 11.7. The molecule has 2 saturated heterocycles. The molecule has 0 N–H and O–H groups in total. The monoisotopic (exact) mass is 516 g/mol. The summed E-state index contributed by atoms with van der Waals surface area (Å²) < 4.78 is 7.81. The molecule has 0 bridgehead atoms. The normalized spacial score (nSPS) is 18.4. The van der Waals surface area contributed by atoms with Gasteiger partial charge >= 0.3 is 0 Å². The van der Waals surface area contributed by atoms with E-state index >= 15 is 0 Å². The summed E-state index contributed by atoms with van der Waals surface area (Å²) in [6, 6.07) is 2.11. The van der Waals surface area contributed by atoms with E-state index in [0.29, 0.717) is 60.1 Å². The second kappa shape index (κ2) is 12.7. The van der Waals surface area contributed by atoms with E-state index in [4.69, 9.17) is 17.0 Å². The number of rotatable bonds is 10. The minimum atomic E-state index is -0.278. The van der Waals surface area contributed by atoms with E-state index in [1.807, 2.05) is 13.0 Å². The third kappa shape index (κ3) is 5.99. The van der Waals surface area contributed by atoms with Gasteiger partial charge in [0.25, 0.3) is 11.5 Å². The molecule has 1 amide bonds. The van der Waals surface area contributed by atoms with Gasteiger partial charge in [-0.25, -0.2) is 0 Å². The van der Waals surface area contributed by atoms with Crippen LogP contribution in [0.1, 0.15) is 69.6 Å². The number of nitrogens with zero attached hydrogens (tertiary/aromatic N) is 4. The van der Waals surface area contributed by atoms with Gasteiger partial charge in [-0.2, -0.15) is 5.26 Å². The Morgan fingerprint density at radius 1 is 1.20 bits per heavy atom. The fourth-order valence-corrected chi connectivity index (χ4v) is 5.91.